The van der Waals surface area contributed by atoms with E-state index in [2.05, 4.69) is 54.3 Å². The summed E-state index contributed by atoms with van der Waals surface area (Å²) >= 11 is 2.17. The van der Waals surface area contributed by atoms with E-state index in [1.165, 1.54) is 24.8 Å². The van der Waals surface area contributed by atoms with Gasteiger partial charge in [-0.1, -0.05) is 37.3 Å². The molecular weight excluding hydrogens is 266 g/mol. The van der Waals surface area contributed by atoms with Crippen LogP contribution in [-0.2, 0) is 4.74 Å². The van der Waals surface area contributed by atoms with E-state index in [4.69, 9.17) is 4.74 Å². The van der Waals surface area contributed by atoms with Crippen molar-refractivity contribution in [2.24, 2.45) is 0 Å². The third-order valence-corrected chi connectivity index (χ3v) is 6.03. The highest BCUT2D eigenvalue weighted by molar-refractivity contribution is 8.00. The van der Waals surface area contributed by atoms with Gasteiger partial charge in [-0.25, -0.2) is 0 Å². The third-order valence-electron chi connectivity index (χ3n) is 4.50. The first-order chi connectivity index (χ1) is 9.86. The van der Waals surface area contributed by atoms with Crippen LogP contribution in [0.2, 0.25) is 0 Å². The second-order valence-corrected chi connectivity index (χ2v) is 7.46. The van der Waals surface area contributed by atoms with Crippen LogP contribution < -0.4 is 5.32 Å². The molecular formula is C17H25NOS. The Hall–Kier alpha value is -0.510. The number of hydrogen-bond acceptors (Lipinski definition) is 3. The summed E-state index contributed by atoms with van der Waals surface area (Å²) in [5.74, 6) is 0.740. The average molecular weight is 291 g/mol. The van der Waals surface area contributed by atoms with E-state index in [1.807, 2.05) is 0 Å². The van der Waals surface area contributed by atoms with Crippen LogP contribution in [-0.4, -0.2) is 36.3 Å². The Labute approximate surface area is 126 Å². The van der Waals surface area contributed by atoms with Crippen molar-refractivity contribution >= 4 is 11.8 Å². The molecule has 1 saturated heterocycles. The summed E-state index contributed by atoms with van der Waals surface area (Å²) in [6, 6.07) is 11.7. The number of thioether (sulfide) groups is 1. The van der Waals surface area contributed by atoms with Gasteiger partial charge in [0.15, 0.2) is 0 Å². The van der Waals surface area contributed by atoms with Crippen LogP contribution in [0.3, 0.4) is 0 Å². The Morgan fingerprint density at radius 2 is 2.00 bits per heavy atom. The summed E-state index contributed by atoms with van der Waals surface area (Å²) in [6.07, 6.45) is 3.93. The van der Waals surface area contributed by atoms with Gasteiger partial charge in [0.2, 0.25) is 0 Å². The van der Waals surface area contributed by atoms with Crippen molar-refractivity contribution in [3.8, 4) is 0 Å². The van der Waals surface area contributed by atoms with Gasteiger partial charge in [-0.15, -0.1) is 11.8 Å². The highest BCUT2D eigenvalue weighted by atomic mass is 32.2. The average Bonchev–Trinajstić information content (AvgIpc) is 2.45. The molecule has 0 spiro atoms. The van der Waals surface area contributed by atoms with E-state index >= 15 is 0 Å². The van der Waals surface area contributed by atoms with Crippen LogP contribution in [0.15, 0.2) is 30.3 Å². The molecule has 1 aliphatic carbocycles. The van der Waals surface area contributed by atoms with Gasteiger partial charge in [0, 0.05) is 11.3 Å². The van der Waals surface area contributed by atoms with Gasteiger partial charge in [0.05, 0.1) is 18.5 Å². The minimum Gasteiger partial charge on any atom is -0.379 e. The van der Waals surface area contributed by atoms with Crippen LogP contribution in [0.5, 0.6) is 0 Å². The summed E-state index contributed by atoms with van der Waals surface area (Å²) in [4.78, 5) is 0. The molecule has 2 fully saturated rings. The second-order valence-electron chi connectivity index (χ2n) is 5.92. The van der Waals surface area contributed by atoms with E-state index in [-0.39, 0.29) is 0 Å². The molecule has 0 aromatic heterocycles. The van der Waals surface area contributed by atoms with Crippen molar-refractivity contribution in [1.29, 1.82) is 0 Å². The van der Waals surface area contributed by atoms with E-state index in [0.29, 0.717) is 6.04 Å². The predicted molar refractivity (Wildman–Crippen MR) is 86.5 cm³/mol. The Kier molecular flexibility index (Phi) is 5.03. The van der Waals surface area contributed by atoms with Gasteiger partial charge in [0.1, 0.15) is 0 Å². The summed E-state index contributed by atoms with van der Waals surface area (Å²) < 4.78 is 5.34. The predicted octanol–water partition coefficient (Wildman–Crippen LogP) is 3.43. The molecule has 1 N–H and O–H groups in total. The molecule has 1 aromatic rings. The Morgan fingerprint density at radius 3 is 2.65 bits per heavy atom. The summed E-state index contributed by atoms with van der Waals surface area (Å²) in [6.45, 7) is 5.21. The lowest BCUT2D eigenvalue weighted by Gasteiger charge is -2.39. The van der Waals surface area contributed by atoms with Gasteiger partial charge in [0.25, 0.3) is 0 Å². The first kappa shape index (κ1) is 14.4. The van der Waals surface area contributed by atoms with Gasteiger partial charge >= 0.3 is 0 Å². The molecule has 3 rings (SSSR count). The second kappa shape index (κ2) is 6.97. The van der Waals surface area contributed by atoms with Crippen molar-refractivity contribution in [3.05, 3.63) is 35.9 Å². The third kappa shape index (κ3) is 3.38. The van der Waals surface area contributed by atoms with E-state index in [0.717, 1.165) is 36.2 Å². The van der Waals surface area contributed by atoms with Gasteiger partial charge in [-0.3, -0.25) is 0 Å². The van der Waals surface area contributed by atoms with Crippen LogP contribution in [0.1, 0.15) is 37.7 Å². The topological polar surface area (TPSA) is 21.3 Å². The van der Waals surface area contributed by atoms with Gasteiger partial charge in [-0.05, 0) is 37.3 Å². The molecule has 1 aromatic carbocycles. The molecule has 110 valence electrons. The molecule has 2 nitrogen and oxygen atoms in total. The lowest BCUT2D eigenvalue weighted by atomic mass is 9.81. The number of hydrogen-bond donors (Lipinski definition) is 1. The monoisotopic (exact) mass is 291 g/mol. The highest BCUT2D eigenvalue weighted by Crippen LogP contribution is 2.40. The molecule has 0 radical (unpaired) electrons. The lowest BCUT2D eigenvalue weighted by Crippen LogP contribution is -2.45. The fourth-order valence-corrected chi connectivity index (χ4v) is 4.95. The summed E-state index contributed by atoms with van der Waals surface area (Å²) in [7, 11) is 0. The molecule has 0 amide bonds. The fraction of sp³-hybridized carbons (Fsp3) is 0.647. The smallest absolute Gasteiger partial charge is 0.0608 e. The zero-order valence-electron chi connectivity index (χ0n) is 12.3. The molecule has 3 unspecified atom stereocenters. The molecule has 1 aliphatic heterocycles. The molecule has 1 heterocycles. The zero-order valence-corrected chi connectivity index (χ0v) is 13.1. The molecule has 3 atom stereocenters. The summed E-state index contributed by atoms with van der Waals surface area (Å²) in [5.41, 5.74) is 1.53. The SMILES string of the molecule is CCNC1CCC(c2ccccc2)CC1SC1COC1. The van der Waals surface area contributed by atoms with Crippen LogP contribution in [0.25, 0.3) is 0 Å². The highest BCUT2D eigenvalue weighted by Gasteiger charge is 2.34. The number of benzene rings is 1. The standard InChI is InChI=1S/C17H25NOS/c1-2-18-16-9-8-14(13-6-4-3-5-7-13)10-17(16)20-15-11-19-12-15/h3-7,14-18H,2,8-12H2,1H3. The summed E-state index contributed by atoms with van der Waals surface area (Å²) in [5, 5.41) is 5.17. The molecule has 1 saturated carbocycles. The number of nitrogens with one attached hydrogen (secondary N) is 1. The van der Waals surface area contributed by atoms with Gasteiger partial charge in [-0.2, -0.15) is 0 Å². The Balaban J connectivity index is 1.65. The van der Waals surface area contributed by atoms with Crippen molar-refractivity contribution < 1.29 is 4.74 Å². The largest absolute Gasteiger partial charge is 0.379 e. The van der Waals surface area contributed by atoms with Crippen molar-refractivity contribution in [2.75, 3.05) is 19.8 Å². The minimum atomic E-state index is 0.686. The molecule has 3 heteroatoms. The minimum absolute atomic E-state index is 0.686. The first-order valence-corrected chi connectivity index (χ1v) is 8.82. The Morgan fingerprint density at radius 1 is 1.20 bits per heavy atom. The molecule has 20 heavy (non-hydrogen) atoms. The number of rotatable bonds is 5. The van der Waals surface area contributed by atoms with E-state index in [9.17, 15) is 0 Å². The van der Waals surface area contributed by atoms with E-state index < -0.39 is 0 Å². The van der Waals surface area contributed by atoms with Crippen molar-refractivity contribution in [3.63, 3.8) is 0 Å². The van der Waals surface area contributed by atoms with Gasteiger partial charge < -0.3 is 10.1 Å². The maximum Gasteiger partial charge on any atom is 0.0608 e. The van der Waals surface area contributed by atoms with Crippen LogP contribution in [0, 0.1) is 0 Å². The maximum absolute atomic E-state index is 5.34. The van der Waals surface area contributed by atoms with Crippen LogP contribution >= 0.6 is 11.8 Å². The molecule has 0 bridgehead atoms. The number of ether oxygens (including phenoxy) is 1. The van der Waals surface area contributed by atoms with Crippen molar-refractivity contribution in [2.45, 2.75) is 48.6 Å². The van der Waals surface area contributed by atoms with E-state index in [1.54, 1.807) is 0 Å². The lowest BCUT2D eigenvalue weighted by molar-refractivity contribution is 0.0450. The maximum atomic E-state index is 5.34. The normalized spacial score (nSPS) is 30.9. The quantitative estimate of drug-likeness (QED) is 0.898. The van der Waals surface area contributed by atoms with Crippen LogP contribution in [0.4, 0.5) is 0 Å². The zero-order chi connectivity index (χ0) is 13.8. The Bertz CT molecular complexity index is 407. The fourth-order valence-electron chi connectivity index (χ4n) is 3.34. The van der Waals surface area contributed by atoms with Crippen molar-refractivity contribution in [1.82, 2.24) is 5.32 Å². The molecule has 2 aliphatic rings. The first-order valence-electron chi connectivity index (χ1n) is 7.88.